The van der Waals surface area contributed by atoms with Crippen molar-refractivity contribution in [3.05, 3.63) is 40.9 Å². The summed E-state index contributed by atoms with van der Waals surface area (Å²) in [5, 5.41) is 0. The average Bonchev–Trinajstić information content (AvgIpc) is 2.45. The normalized spacial score (nSPS) is 10.1. The molecule has 2 aromatic rings. The van der Waals surface area contributed by atoms with Crippen LogP contribution < -0.4 is 14.2 Å². The molecule has 0 fully saturated rings. The largest absolute Gasteiger partial charge is 0.493 e. The molecule has 3 nitrogen and oxygen atoms in total. The fourth-order valence-electron chi connectivity index (χ4n) is 1.92. The first kappa shape index (κ1) is 13.7. The molecular formula is C15H15BrO3. The van der Waals surface area contributed by atoms with E-state index in [2.05, 4.69) is 15.9 Å². The number of ether oxygens (including phenoxy) is 3. The van der Waals surface area contributed by atoms with Gasteiger partial charge in [0.1, 0.15) is 0 Å². The van der Waals surface area contributed by atoms with Crippen molar-refractivity contribution in [3.63, 3.8) is 0 Å². The van der Waals surface area contributed by atoms with E-state index < -0.39 is 0 Å². The third-order valence-corrected chi connectivity index (χ3v) is 3.32. The third kappa shape index (κ3) is 2.84. The Balaban J connectivity index is 2.59. The summed E-state index contributed by atoms with van der Waals surface area (Å²) in [6, 6.07) is 11.9. The van der Waals surface area contributed by atoms with Gasteiger partial charge in [0.2, 0.25) is 5.75 Å². The summed E-state index contributed by atoms with van der Waals surface area (Å²) in [6.45, 7) is 0. The number of methoxy groups -OCH3 is 3. The molecule has 0 aliphatic heterocycles. The Hall–Kier alpha value is -1.68. The average molecular weight is 323 g/mol. The van der Waals surface area contributed by atoms with Gasteiger partial charge < -0.3 is 14.2 Å². The molecule has 0 unspecified atom stereocenters. The summed E-state index contributed by atoms with van der Waals surface area (Å²) in [5.41, 5.74) is 2.09. The molecule has 0 amide bonds. The second kappa shape index (κ2) is 5.97. The van der Waals surface area contributed by atoms with E-state index in [9.17, 15) is 0 Å². The van der Waals surface area contributed by atoms with Crippen LogP contribution in [0.5, 0.6) is 17.2 Å². The van der Waals surface area contributed by atoms with Crippen molar-refractivity contribution in [2.45, 2.75) is 0 Å². The third-order valence-electron chi connectivity index (χ3n) is 2.82. The maximum atomic E-state index is 5.35. The fourth-order valence-corrected chi connectivity index (χ4v) is 2.32. The second-order valence-corrected chi connectivity index (χ2v) is 4.84. The first-order valence-corrected chi connectivity index (χ1v) is 6.55. The van der Waals surface area contributed by atoms with Gasteiger partial charge >= 0.3 is 0 Å². The molecule has 0 radical (unpaired) electrons. The highest BCUT2D eigenvalue weighted by Crippen LogP contribution is 2.41. The molecule has 0 atom stereocenters. The summed E-state index contributed by atoms with van der Waals surface area (Å²) >= 11 is 3.47. The molecule has 0 aliphatic carbocycles. The molecule has 0 spiro atoms. The molecule has 0 aliphatic rings. The lowest BCUT2D eigenvalue weighted by Gasteiger charge is -2.14. The van der Waals surface area contributed by atoms with Gasteiger partial charge in [-0.1, -0.05) is 28.1 Å². The summed E-state index contributed by atoms with van der Waals surface area (Å²) in [7, 11) is 4.82. The lowest BCUT2D eigenvalue weighted by Crippen LogP contribution is -1.95. The molecule has 0 aromatic heterocycles. The van der Waals surface area contributed by atoms with Gasteiger partial charge in [-0.05, 0) is 35.4 Å². The van der Waals surface area contributed by atoms with E-state index in [0.29, 0.717) is 17.2 Å². The van der Waals surface area contributed by atoms with Crippen LogP contribution in [0.4, 0.5) is 0 Å². The van der Waals surface area contributed by atoms with Gasteiger partial charge in [0.05, 0.1) is 21.3 Å². The molecule has 0 heterocycles. The van der Waals surface area contributed by atoms with Crippen molar-refractivity contribution < 1.29 is 14.2 Å². The number of rotatable bonds is 4. The number of benzene rings is 2. The van der Waals surface area contributed by atoms with Gasteiger partial charge in [-0.3, -0.25) is 0 Å². The molecule has 4 heteroatoms. The summed E-state index contributed by atoms with van der Waals surface area (Å²) in [6.07, 6.45) is 0. The van der Waals surface area contributed by atoms with Crippen LogP contribution in [0, 0.1) is 0 Å². The van der Waals surface area contributed by atoms with Crippen LogP contribution in [-0.4, -0.2) is 21.3 Å². The minimum atomic E-state index is 0.601. The van der Waals surface area contributed by atoms with Crippen molar-refractivity contribution in [1.82, 2.24) is 0 Å². The van der Waals surface area contributed by atoms with Crippen molar-refractivity contribution in [2.75, 3.05) is 21.3 Å². The minimum absolute atomic E-state index is 0.601. The summed E-state index contributed by atoms with van der Waals surface area (Å²) in [4.78, 5) is 0. The van der Waals surface area contributed by atoms with Crippen LogP contribution in [0.1, 0.15) is 0 Å². The van der Waals surface area contributed by atoms with Gasteiger partial charge in [0.15, 0.2) is 11.5 Å². The van der Waals surface area contributed by atoms with Gasteiger partial charge in [-0.2, -0.15) is 0 Å². The van der Waals surface area contributed by atoms with Crippen LogP contribution >= 0.6 is 15.9 Å². The van der Waals surface area contributed by atoms with Gasteiger partial charge in [-0.25, -0.2) is 0 Å². The smallest absolute Gasteiger partial charge is 0.203 e. The Labute approximate surface area is 121 Å². The zero-order valence-electron chi connectivity index (χ0n) is 11.1. The van der Waals surface area contributed by atoms with Crippen molar-refractivity contribution in [1.29, 1.82) is 0 Å². The first-order chi connectivity index (χ1) is 9.19. The number of hydrogen-bond acceptors (Lipinski definition) is 3. The van der Waals surface area contributed by atoms with E-state index in [1.807, 2.05) is 36.4 Å². The predicted octanol–water partition coefficient (Wildman–Crippen LogP) is 4.14. The maximum absolute atomic E-state index is 5.35. The van der Waals surface area contributed by atoms with Crippen LogP contribution in [0.2, 0.25) is 0 Å². The monoisotopic (exact) mass is 322 g/mol. The van der Waals surface area contributed by atoms with Crippen LogP contribution in [-0.2, 0) is 0 Å². The standard InChI is InChI=1S/C15H15BrO3/c1-17-13-8-11(9-14(18-2)15(13)19-3)10-5-4-6-12(16)7-10/h4-9H,1-3H3. The Morgan fingerprint density at radius 1 is 0.789 bits per heavy atom. The molecule has 19 heavy (non-hydrogen) atoms. The van der Waals surface area contributed by atoms with E-state index in [4.69, 9.17) is 14.2 Å². The molecular weight excluding hydrogens is 308 g/mol. The van der Waals surface area contributed by atoms with E-state index in [-0.39, 0.29) is 0 Å². The van der Waals surface area contributed by atoms with E-state index in [0.717, 1.165) is 15.6 Å². The molecule has 2 aromatic carbocycles. The summed E-state index contributed by atoms with van der Waals surface area (Å²) < 4.78 is 17.0. The van der Waals surface area contributed by atoms with Gasteiger partial charge in [-0.15, -0.1) is 0 Å². The van der Waals surface area contributed by atoms with E-state index >= 15 is 0 Å². The molecule has 0 saturated heterocycles. The lowest BCUT2D eigenvalue weighted by molar-refractivity contribution is 0.324. The van der Waals surface area contributed by atoms with Crippen LogP contribution in [0.3, 0.4) is 0 Å². The SMILES string of the molecule is COc1cc(-c2cccc(Br)c2)cc(OC)c1OC. The Morgan fingerprint density at radius 2 is 1.42 bits per heavy atom. The first-order valence-electron chi connectivity index (χ1n) is 5.75. The van der Waals surface area contributed by atoms with Crippen molar-refractivity contribution in [3.8, 4) is 28.4 Å². The Morgan fingerprint density at radius 3 is 1.89 bits per heavy atom. The minimum Gasteiger partial charge on any atom is -0.493 e. The van der Waals surface area contributed by atoms with Crippen LogP contribution in [0.15, 0.2) is 40.9 Å². The van der Waals surface area contributed by atoms with Crippen molar-refractivity contribution in [2.24, 2.45) is 0 Å². The van der Waals surface area contributed by atoms with E-state index in [1.165, 1.54) is 0 Å². The lowest BCUT2D eigenvalue weighted by atomic mass is 10.0. The zero-order valence-corrected chi connectivity index (χ0v) is 12.7. The Bertz CT molecular complexity index is 556. The number of halogens is 1. The molecule has 100 valence electrons. The predicted molar refractivity (Wildman–Crippen MR) is 79.2 cm³/mol. The van der Waals surface area contributed by atoms with E-state index in [1.54, 1.807) is 21.3 Å². The van der Waals surface area contributed by atoms with Crippen LogP contribution in [0.25, 0.3) is 11.1 Å². The second-order valence-electron chi connectivity index (χ2n) is 3.92. The molecule has 2 rings (SSSR count). The zero-order chi connectivity index (χ0) is 13.8. The molecule has 0 bridgehead atoms. The highest BCUT2D eigenvalue weighted by atomic mass is 79.9. The maximum Gasteiger partial charge on any atom is 0.203 e. The van der Waals surface area contributed by atoms with Gasteiger partial charge in [0.25, 0.3) is 0 Å². The fraction of sp³-hybridized carbons (Fsp3) is 0.200. The topological polar surface area (TPSA) is 27.7 Å². The molecule has 0 N–H and O–H groups in total. The highest BCUT2D eigenvalue weighted by Gasteiger charge is 2.13. The summed E-state index contributed by atoms with van der Waals surface area (Å²) in [5.74, 6) is 1.90. The quantitative estimate of drug-likeness (QED) is 0.846. The highest BCUT2D eigenvalue weighted by molar-refractivity contribution is 9.10. The molecule has 0 saturated carbocycles. The van der Waals surface area contributed by atoms with Gasteiger partial charge in [0, 0.05) is 4.47 Å². The van der Waals surface area contributed by atoms with Crippen molar-refractivity contribution >= 4 is 15.9 Å². The Kier molecular flexibility index (Phi) is 4.32. The number of hydrogen-bond donors (Lipinski definition) is 0.